The number of furan rings is 1. The van der Waals surface area contributed by atoms with Crippen molar-refractivity contribution in [2.45, 2.75) is 26.7 Å². The second-order valence-electron chi connectivity index (χ2n) is 4.20. The van der Waals surface area contributed by atoms with Crippen LogP contribution in [0.25, 0.3) is 0 Å². The van der Waals surface area contributed by atoms with E-state index in [1.54, 1.807) is 6.26 Å². The molecule has 0 saturated heterocycles. The lowest BCUT2D eigenvalue weighted by molar-refractivity contribution is 0.0965. The van der Waals surface area contributed by atoms with Crippen LogP contribution in [0.15, 0.2) is 41.0 Å². The predicted molar refractivity (Wildman–Crippen MR) is 67.3 cm³/mol. The van der Waals surface area contributed by atoms with Crippen LogP contribution in [0.4, 0.5) is 0 Å². The number of carbonyl (C=O) groups excluding carboxylic acids is 1. The van der Waals surface area contributed by atoms with Gasteiger partial charge in [-0.2, -0.15) is 0 Å². The Kier molecular flexibility index (Phi) is 3.43. The molecular formula is C15H16O2. The van der Waals surface area contributed by atoms with Gasteiger partial charge in [0.05, 0.1) is 6.26 Å². The van der Waals surface area contributed by atoms with Gasteiger partial charge >= 0.3 is 0 Å². The zero-order valence-corrected chi connectivity index (χ0v) is 10.2. The Hall–Kier alpha value is -1.83. The highest BCUT2D eigenvalue weighted by Gasteiger charge is 2.12. The average molecular weight is 228 g/mol. The SMILES string of the molecule is CCc1ccc(CC(=O)c2occc2C)cc1. The van der Waals surface area contributed by atoms with Gasteiger partial charge in [-0.1, -0.05) is 31.2 Å². The van der Waals surface area contributed by atoms with Crippen molar-refractivity contribution in [3.8, 4) is 0 Å². The van der Waals surface area contributed by atoms with Crippen LogP contribution in [0, 0.1) is 6.92 Å². The van der Waals surface area contributed by atoms with E-state index in [2.05, 4.69) is 19.1 Å². The van der Waals surface area contributed by atoms with Gasteiger partial charge in [-0.25, -0.2) is 0 Å². The third-order valence-electron chi connectivity index (χ3n) is 2.91. The first-order valence-electron chi connectivity index (χ1n) is 5.86. The highest BCUT2D eigenvalue weighted by molar-refractivity contribution is 5.96. The fraction of sp³-hybridized carbons (Fsp3) is 0.267. The van der Waals surface area contributed by atoms with Crippen molar-refractivity contribution in [1.82, 2.24) is 0 Å². The first-order valence-corrected chi connectivity index (χ1v) is 5.86. The summed E-state index contributed by atoms with van der Waals surface area (Å²) in [6, 6.07) is 9.96. The van der Waals surface area contributed by atoms with Crippen molar-refractivity contribution >= 4 is 5.78 Å². The molecule has 0 saturated carbocycles. The topological polar surface area (TPSA) is 30.2 Å². The molecule has 1 aromatic heterocycles. The van der Waals surface area contributed by atoms with Crippen molar-refractivity contribution in [3.63, 3.8) is 0 Å². The van der Waals surface area contributed by atoms with Gasteiger partial charge in [-0.15, -0.1) is 0 Å². The molecule has 0 amide bonds. The molecule has 2 nitrogen and oxygen atoms in total. The van der Waals surface area contributed by atoms with E-state index in [4.69, 9.17) is 4.42 Å². The Morgan fingerprint density at radius 2 is 1.76 bits per heavy atom. The van der Waals surface area contributed by atoms with E-state index >= 15 is 0 Å². The fourth-order valence-electron chi connectivity index (χ4n) is 1.82. The third kappa shape index (κ3) is 2.64. The van der Waals surface area contributed by atoms with Crippen LogP contribution in [0.1, 0.15) is 34.2 Å². The van der Waals surface area contributed by atoms with Crippen molar-refractivity contribution in [2.75, 3.05) is 0 Å². The van der Waals surface area contributed by atoms with E-state index in [0.29, 0.717) is 12.2 Å². The molecule has 2 aromatic rings. The first-order chi connectivity index (χ1) is 8.20. The van der Waals surface area contributed by atoms with Gasteiger partial charge in [0.2, 0.25) is 5.78 Å². The van der Waals surface area contributed by atoms with Gasteiger partial charge in [-0.3, -0.25) is 4.79 Å². The molecule has 1 aromatic carbocycles. The van der Waals surface area contributed by atoms with E-state index in [-0.39, 0.29) is 5.78 Å². The largest absolute Gasteiger partial charge is 0.461 e. The molecule has 0 fully saturated rings. The Morgan fingerprint density at radius 3 is 2.29 bits per heavy atom. The van der Waals surface area contributed by atoms with Crippen molar-refractivity contribution in [1.29, 1.82) is 0 Å². The molecule has 0 unspecified atom stereocenters. The quantitative estimate of drug-likeness (QED) is 0.749. The van der Waals surface area contributed by atoms with Crippen LogP contribution in [-0.4, -0.2) is 5.78 Å². The highest BCUT2D eigenvalue weighted by atomic mass is 16.3. The monoisotopic (exact) mass is 228 g/mol. The average Bonchev–Trinajstić information content (AvgIpc) is 2.76. The maximum Gasteiger partial charge on any atom is 0.202 e. The summed E-state index contributed by atoms with van der Waals surface area (Å²) in [6.45, 7) is 4.00. The molecule has 0 radical (unpaired) electrons. The predicted octanol–water partition coefficient (Wildman–Crippen LogP) is 3.58. The van der Waals surface area contributed by atoms with Crippen LogP contribution in [0.2, 0.25) is 0 Å². The minimum absolute atomic E-state index is 0.0387. The fourth-order valence-corrected chi connectivity index (χ4v) is 1.82. The maximum absolute atomic E-state index is 12.0. The van der Waals surface area contributed by atoms with Gasteiger partial charge < -0.3 is 4.42 Å². The van der Waals surface area contributed by atoms with Gasteiger partial charge in [0.1, 0.15) is 0 Å². The second-order valence-corrected chi connectivity index (χ2v) is 4.20. The standard InChI is InChI=1S/C15H16O2/c1-3-12-4-6-13(7-5-12)10-14(16)15-11(2)8-9-17-15/h4-9H,3,10H2,1-2H3. The third-order valence-corrected chi connectivity index (χ3v) is 2.91. The zero-order chi connectivity index (χ0) is 12.3. The van der Waals surface area contributed by atoms with Crippen molar-refractivity contribution in [3.05, 3.63) is 59.0 Å². The Morgan fingerprint density at radius 1 is 1.12 bits per heavy atom. The molecule has 2 rings (SSSR count). The normalized spacial score (nSPS) is 10.5. The molecule has 0 spiro atoms. The van der Waals surface area contributed by atoms with Gasteiger partial charge in [-0.05, 0) is 36.1 Å². The van der Waals surface area contributed by atoms with E-state index in [1.165, 1.54) is 5.56 Å². The van der Waals surface area contributed by atoms with E-state index < -0.39 is 0 Å². The van der Waals surface area contributed by atoms with Crippen molar-refractivity contribution in [2.24, 2.45) is 0 Å². The first kappa shape index (κ1) is 11.6. The molecule has 0 aliphatic heterocycles. The van der Waals surface area contributed by atoms with Crippen LogP contribution >= 0.6 is 0 Å². The summed E-state index contributed by atoms with van der Waals surface area (Å²) in [5, 5.41) is 0. The Balaban J connectivity index is 2.10. The summed E-state index contributed by atoms with van der Waals surface area (Å²) in [7, 11) is 0. The number of benzene rings is 1. The number of ketones is 1. The van der Waals surface area contributed by atoms with Gasteiger partial charge in [0.25, 0.3) is 0 Å². The van der Waals surface area contributed by atoms with Crippen LogP contribution in [0.5, 0.6) is 0 Å². The van der Waals surface area contributed by atoms with E-state index in [1.807, 2.05) is 25.1 Å². The van der Waals surface area contributed by atoms with Gasteiger partial charge in [0.15, 0.2) is 5.76 Å². The molecular weight excluding hydrogens is 212 g/mol. The summed E-state index contributed by atoms with van der Waals surface area (Å²) < 4.78 is 5.19. The summed E-state index contributed by atoms with van der Waals surface area (Å²) in [6.07, 6.45) is 2.98. The van der Waals surface area contributed by atoms with E-state index in [0.717, 1.165) is 17.5 Å². The smallest absolute Gasteiger partial charge is 0.202 e. The number of carbonyl (C=O) groups is 1. The highest BCUT2D eigenvalue weighted by Crippen LogP contribution is 2.13. The number of hydrogen-bond acceptors (Lipinski definition) is 2. The van der Waals surface area contributed by atoms with Crippen LogP contribution < -0.4 is 0 Å². The number of rotatable bonds is 4. The molecule has 0 atom stereocenters. The lowest BCUT2D eigenvalue weighted by Crippen LogP contribution is -2.03. The number of aryl methyl sites for hydroxylation is 2. The lowest BCUT2D eigenvalue weighted by atomic mass is 10.0. The summed E-state index contributed by atoms with van der Waals surface area (Å²) >= 11 is 0. The molecule has 17 heavy (non-hydrogen) atoms. The molecule has 2 heteroatoms. The minimum Gasteiger partial charge on any atom is -0.461 e. The number of hydrogen-bond donors (Lipinski definition) is 0. The Labute approximate surface area is 101 Å². The molecule has 0 aliphatic rings. The molecule has 0 aliphatic carbocycles. The molecule has 0 N–H and O–H groups in total. The maximum atomic E-state index is 12.0. The molecule has 1 heterocycles. The Bertz CT molecular complexity index is 506. The van der Waals surface area contributed by atoms with Gasteiger partial charge in [0, 0.05) is 6.42 Å². The summed E-state index contributed by atoms with van der Waals surface area (Å²) in [4.78, 5) is 12.0. The number of Topliss-reactive ketones (excluding diaryl/α,β-unsaturated/α-hetero) is 1. The summed E-state index contributed by atoms with van der Waals surface area (Å²) in [5.74, 6) is 0.515. The van der Waals surface area contributed by atoms with Crippen LogP contribution in [0.3, 0.4) is 0 Å². The van der Waals surface area contributed by atoms with Crippen LogP contribution in [-0.2, 0) is 12.8 Å². The zero-order valence-electron chi connectivity index (χ0n) is 10.2. The molecule has 0 bridgehead atoms. The molecule has 88 valence electrons. The minimum atomic E-state index is 0.0387. The second kappa shape index (κ2) is 5.00. The lowest BCUT2D eigenvalue weighted by Gasteiger charge is -2.01. The van der Waals surface area contributed by atoms with Crippen molar-refractivity contribution < 1.29 is 9.21 Å². The van der Waals surface area contributed by atoms with E-state index in [9.17, 15) is 4.79 Å². The summed E-state index contributed by atoms with van der Waals surface area (Å²) in [5.41, 5.74) is 3.22.